The summed E-state index contributed by atoms with van der Waals surface area (Å²) in [5, 5.41) is 0. The zero-order valence-corrected chi connectivity index (χ0v) is 24.4. The number of carbonyl (C=O) groups excluding carboxylic acids is 2. The van der Waals surface area contributed by atoms with Gasteiger partial charge in [0.1, 0.15) is 12.2 Å². The van der Waals surface area contributed by atoms with Gasteiger partial charge in [0.25, 0.3) is 0 Å². The van der Waals surface area contributed by atoms with Crippen molar-refractivity contribution in [2.24, 2.45) is 0 Å². The fraction of sp³-hybridized carbons (Fsp3) is 0.467. The van der Waals surface area contributed by atoms with Crippen LogP contribution in [0.5, 0.6) is 34.5 Å². The predicted molar refractivity (Wildman–Crippen MR) is 150 cm³/mol. The SMILES string of the molecule is COc1cc(/C=C/C(=O)O[C@H]2CC3C[C@H](OC(=O)c4cc(OC)c(OC)c(OC)c4)CC2N3C)cc(OC)c1OC. The Balaban J connectivity index is 1.40. The van der Waals surface area contributed by atoms with Crippen molar-refractivity contribution in [1.82, 2.24) is 4.90 Å². The highest BCUT2D eigenvalue weighted by molar-refractivity contribution is 5.91. The molecule has 0 aromatic heterocycles. The summed E-state index contributed by atoms with van der Waals surface area (Å²) in [6.07, 6.45) is 4.20. The monoisotopic (exact) mass is 571 g/mol. The third-order valence-corrected chi connectivity index (χ3v) is 7.61. The fourth-order valence-electron chi connectivity index (χ4n) is 5.57. The number of hydrogen-bond donors (Lipinski definition) is 0. The van der Waals surface area contributed by atoms with Gasteiger partial charge in [-0.2, -0.15) is 0 Å². The van der Waals surface area contributed by atoms with E-state index in [1.54, 1.807) is 30.3 Å². The van der Waals surface area contributed by atoms with E-state index < -0.39 is 11.9 Å². The van der Waals surface area contributed by atoms with E-state index in [1.807, 2.05) is 7.05 Å². The van der Waals surface area contributed by atoms with Crippen molar-refractivity contribution in [2.45, 2.75) is 43.6 Å². The van der Waals surface area contributed by atoms with Crippen LogP contribution >= 0.6 is 0 Å². The molecule has 0 saturated carbocycles. The average Bonchev–Trinajstić information content (AvgIpc) is 3.14. The lowest BCUT2D eigenvalue weighted by molar-refractivity contribution is -0.144. The maximum atomic E-state index is 13.1. The molecule has 0 N–H and O–H groups in total. The van der Waals surface area contributed by atoms with Crippen LogP contribution < -0.4 is 28.4 Å². The first-order valence-electron chi connectivity index (χ1n) is 13.2. The summed E-state index contributed by atoms with van der Waals surface area (Å²) in [6, 6.07) is 6.66. The number of methoxy groups -OCH3 is 6. The van der Waals surface area contributed by atoms with Crippen LogP contribution in [0, 0.1) is 0 Å². The number of nitrogens with zero attached hydrogens (tertiary/aromatic N) is 1. The molecule has 2 aromatic carbocycles. The lowest BCUT2D eigenvalue weighted by Crippen LogP contribution is -2.46. The van der Waals surface area contributed by atoms with Gasteiger partial charge < -0.3 is 37.9 Å². The molecule has 0 amide bonds. The minimum Gasteiger partial charge on any atom is -0.493 e. The smallest absolute Gasteiger partial charge is 0.338 e. The zero-order chi connectivity index (χ0) is 29.7. The summed E-state index contributed by atoms with van der Waals surface area (Å²) in [5.74, 6) is 1.62. The van der Waals surface area contributed by atoms with E-state index >= 15 is 0 Å². The number of ether oxygens (including phenoxy) is 8. The molecule has 2 aromatic rings. The number of benzene rings is 2. The van der Waals surface area contributed by atoms with E-state index in [-0.39, 0.29) is 24.3 Å². The van der Waals surface area contributed by atoms with Crippen LogP contribution in [0.4, 0.5) is 0 Å². The van der Waals surface area contributed by atoms with Gasteiger partial charge in [0.2, 0.25) is 11.5 Å². The summed E-state index contributed by atoms with van der Waals surface area (Å²) in [7, 11) is 11.1. The van der Waals surface area contributed by atoms with Gasteiger partial charge in [-0.25, -0.2) is 9.59 Å². The highest BCUT2D eigenvalue weighted by atomic mass is 16.6. The van der Waals surface area contributed by atoms with Gasteiger partial charge in [0.15, 0.2) is 23.0 Å². The van der Waals surface area contributed by atoms with Gasteiger partial charge in [-0.1, -0.05) is 0 Å². The molecular formula is C30H37NO10. The summed E-state index contributed by atoms with van der Waals surface area (Å²) in [6.45, 7) is 0. The van der Waals surface area contributed by atoms with Crippen molar-refractivity contribution in [3.8, 4) is 34.5 Å². The van der Waals surface area contributed by atoms with Crippen molar-refractivity contribution >= 4 is 18.0 Å². The Morgan fingerprint density at radius 3 is 1.78 bits per heavy atom. The van der Waals surface area contributed by atoms with Crippen molar-refractivity contribution < 1.29 is 47.5 Å². The van der Waals surface area contributed by atoms with E-state index in [2.05, 4.69) is 4.90 Å². The van der Waals surface area contributed by atoms with Crippen molar-refractivity contribution in [1.29, 1.82) is 0 Å². The maximum absolute atomic E-state index is 13.1. The summed E-state index contributed by atoms with van der Waals surface area (Å²) < 4.78 is 43.9. The molecule has 2 bridgehead atoms. The van der Waals surface area contributed by atoms with Crippen molar-refractivity contribution in [2.75, 3.05) is 49.7 Å². The first-order chi connectivity index (χ1) is 19.8. The normalized spacial score (nSPS) is 21.7. The van der Waals surface area contributed by atoms with Crippen molar-refractivity contribution in [3.63, 3.8) is 0 Å². The van der Waals surface area contributed by atoms with Crippen LogP contribution in [0.1, 0.15) is 35.2 Å². The van der Waals surface area contributed by atoms with E-state index in [9.17, 15) is 9.59 Å². The zero-order valence-electron chi connectivity index (χ0n) is 24.4. The lowest BCUT2D eigenvalue weighted by Gasteiger charge is -2.36. The molecule has 0 radical (unpaired) electrons. The Morgan fingerprint density at radius 1 is 0.732 bits per heavy atom. The van der Waals surface area contributed by atoms with Crippen LogP contribution in [0.15, 0.2) is 30.3 Å². The molecule has 2 unspecified atom stereocenters. The molecule has 2 aliphatic heterocycles. The van der Waals surface area contributed by atoms with Gasteiger partial charge >= 0.3 is 11.9 Å². The van der Waals surface area contributed by atoms with Crippen LogP contribution in [0.3, 0.4) is 0 Å². The molecule has 222 valence electrons. The first-order valence-corrected chi connectivity index (χ1v) is 13.2. The number of rotatable bonds is 11. The molecule has 11 heteroatoms. The molecule has 0 spiro atoms. The standard InChI is InChI=1S/C30H37NO10/c1-31-19-14-20(40-30(33)18-12-25(36-4)29(39-7)26(13-18)37-5)16-21(31)22(15-19)41-27(32)9-8-17-10-23(34-2)28(38-6)24(11-17)35-3/h8-13,19-22H,14-16H2,1-7H3/b9-8+/t19?,20-,21?,22-/m0/s1. The van der Waals surface area contributed by atoms with E-state index in [1.165, 1.54) is 48.7 Å². The molecule has 41 heavy (non-hydrogen) atoms. The quantitative estimate of drug-likeness (QED) is 0.290. The molecule has 2 saturated heterocycles. The molecule has 2 heterocycles. The van der Waals surface area contributed by atoms with E-state index in [0.29, 0.717) is 64.9 Å². The Kier molecular flexibility index (Phi) is 9.49. The number of hydrogen-bond acceptors (Lipinski definition) is 11. The second-order valence-corrected chi connectivity index (χ2v) is 9.80. The molecule has 2 aliphatic rings. The van der Waals surface area contributed by atoms with Crippen molar-refractivity contribution in [3.05, 3.63) is 41.5 Å². The van der Waals surface area contributed by atoms with Gasteiger partial charge in [0, 0.05) is 31.4 Å². The number of carbonyl (C=O) groups is 2. The molecule has 4 rings (SSSR count). The number of likely N-dealkylation sites (N-methyl/N-ethyl adjacent to an activating group) is 1. The number of piperidine rings is 1. The molecule has 2 fully saturated rings. The lowest BCUT2D eigenvalue weighted by atomic mass is 10.00. The maximum Gasteiger partial charge on any atom is 0.338 e. The highest BCUT2D eigenvalue weighted by Gasteiger charge is 2.47. The Morgan fingerprint density at radius 2 is 1.27 bits per heavy atom. The third kappa shape index (κ3) is 6.30. The summed E-state index contributed by atoms with van der Waals surface area (Å²) in [5.41, 5.74) is 0.989. The second kappa shape index (κ2) is 13.0. The Bertz CT molecular complexity index is 1240. The van der Waals surface area contributed by atoms with Gasteiger partial charge in [-0.15, -0.1) is 0 Å². The van der Waals surface area contributed by atoms with Gasteiger partial charge in [0.05, 0.1) is 54.3 Å². The van der Waals surface area contributed by atoms with E-state index in [0.717, 1.165) is 0 Å². The van der Waals surface area contributed by atoms with E-state index in [4.69, 9.17) is 37.9 Å². The number of fused-ring (bicyclic) bond motifs is 2. The summed E-state index contributed by atoms with van der Waals surface area (Å²) in [4.78, 5) is 28.0. The van der Waals surface area contributed by atoms with Crippen LogP contribution in [-0.4, -0.2) is 90.8 Å². The average molecular weight is 572 g/mol. The van der Waals surface area contributed by atoms with Gasteiger partial charge in [-0.05, 0) is 43.0 Å². The molecular weight excluding hydrogens is 534 g/mol. The topological polar surface area (TPSA) is 111 Å². The Labute approximate surface area is 239 Å². The molecule has 0 aliphatic carbocycles. The largest absolute Gasteiger partial charge is 0.493 e. The minimum absolute atomic E-state index is 0.0787. The second-order valence-electron chi connectivity index (χ2n) is 9.80. The Hall–Kier alpha value is -4.12. The fourth-order valence-corrected chi connectivity index (χ4v) is 5.57. The molecule has 11 nitrogen and oxygen atoms in total. The van der Waals surface area contributed by atoms with Crippen LogP contribution in [-0.2, 0) is 14.3 Å². The highest BCUT2D eigenvalue weighted by Crippen LogP contribution is 2.41. The van der Waals surface area contributed by atoms with Crippen LogP contribution in [0.2, 0.25) is 0 Å². The molecule has 4 atom stereocenters. The third-order valence-electron chi connectivity index (χ3n) is 7.61. The van der Waals surface area contributed by atoms with Crippen LogP contribution in [0.25, 0.3) is 6.08 Å². The first kappa shape index (κ1) is 29.9. The minimum atomic E-state index is -0.486. The number of esters is 2. The predicted octanol–water partition coefficient (Wildman–Crippen LogP) is 3.76. The van der Waals surface area contributed by atoms with Gasteiger partial charge in [-0.3, -0.25) is 4.90 Å². The summed E-state index contributed by atoms with van der Waals surface area (Å²) >= 11 is 0.